The van der Waals surface area contributed by atoms with E-state index in [4.69, 9.17) is 11.6 Å². The third-order valence-electron chi connectivity index (χ3n) is 2.20. The van der Waals surface area contributed by atoms with E-state index in [0.717, 1.165) is 17.2 Å². The highest BCUT2D eigenvalue weighted by Crippen LogP contribution is 2.30. The fraction of sp³-hybridized carbons (Fsp3) is 0.364. The van der Waals surface area contributed by atoms with Crippen LogP contribution in [-0.4, -0.2) is 15.4 Å². The molecule has 0 radical (unpaired) electrons. The second-order valence-electron chi connectivity index (χ2n) is 4.63. The van der Waals surface area contributed by atoms with Crippen molar-refractivity contribution in [3.8, 4) is 0 Å². The first kappa shape index (κ1) is 12.7. The highest BCUT2D eigenvalue weighted by molar-refractivity contribution is 7.19. The summed E-state index contributed by atoms with van der Waals surface area (Å²) in [5.74, 6) is -0.0400. The molecule has 17 heavy (non-hydrogen) atoms. The second kappa shape index (κ2) is 4.48. The van der Waals surface area contributed by atoms with Crippen molar-refractivity contribution in [2.45, 2.75) is 26.2 Å². The van der Waals surface area contributed by atoms with Crippen LogP contribution in [0, 0.1) is 0 Å². The zero-order valence-electron chi connectivity index (χ0n) is 9.65. The number of aromatic nitrogens is 2. The van der Waals surface area contributed by atoms with Crippen LogP contribution in [0.25, 0.3) is 0 Å². The Balaban J connectivity index is 2.42. The van der Waals surface area contributed by atoms with Gasteiger partial charge in [0.15, 0.2) is 0 Å². The van der Waals surface area contributed by atoms with Crippen LogP contribution < -0.4 is 0 Å². The maximum absolute atomic E-state index is 12.3. The van der Waals surface area contributed by atoms with E-state index in [2.05, 4.69) is 9.59 Å². The zero-order valence-corrected chi connectivity index (χ0v) is 12.0. The Kier molecular flexibility index (Phi) is 3.34. The fourth-order valence-electron chi connectivity index (χ4n) is 1.38. The van der Waals surface area contributed by atoms with E-state index in [1.54, 1.807) is 12.1 Å². The van der Waals surface area contributed by atoms with Crippen LogP contribution in [0.3, 0.4) is 0 Å². The molecular weight excluding hydrogens is 276 g/mol. The predicted octanol–water partition coefficient (Wildman–Crippen LogP) is 3.78. The van der Waals surface area contributed by atoms with E-state index in [0.29, 0.717) is 14.1 Å². The Hall–Kier alpha value is -0.780. The van der Waals surface area contributed by atoms with E-state index >= 15 is 0 Å². The molecule has 2 rings (SSSR count). The Morgan fingerprint density at radius 1 is 1.35 bits per heavy atom. The largest absolute Gasteiger partial charge is 0.287 e. The van der Waals surface area contributed by atoms with Gasteiger partial charge in [0.1, 0.15) is 4.88 Å². The average molecular weight is 287 g/mol. The van der Waals surface area contributed by atoms with Gasteiger partial charge in [-0.2, -0.15) is 0 Å². The number of hydrogen-bond acceptors (Lipinski definition) is 5. The molecule has 0 aromatic carbocycles. The van der Waals surface area contributed by atoms with Gasteiger partial charge in [0.25, 0.3) is 0 Å². The van der Waals surface area contributed by atoms with Gasteiger partial charge in [-0.1, -0.05) is 36.9 Å². The monoisotopic (exact) mass is 286 g/mol. The van der Waals surface area contributed by atoms with Crippen LogP contribution in [0.15, 0.2) is 12.1 Å². The van der Waals surface area contributed by atoms with Gasteiger partial charge in [-0.25, -0.2) is 0 Å². The van der Waals surface area contributed by atoms with E-state index in [9.17, 15) is 4.79 Å². The molecule has 0 saturated carbocycles. The lowest BCUT2D eigenvalue weighted by molar-refractivity contribution is 0.104. The first-order valence-electron chi connectivity index (χ1n) is 5.02. The van der Waals surface area contributed by atoms with Crippen LogP contribution in [0.5, 0.6) is 0 Å². The van der Waals surface area contributed by atoms with Crippen LogP contribution in [0.1, 0.15) is 41.0 Å². The number of halogens is 1. The lowest BCUT2D eigenvalue weighted by Gasteiger charge is -2.15. The number of carbonyl (C=O) groups is 1. The number of hydrogen-bond donors (Lipinski definition) is 0. The highest BCUT2D eigenvalue weighted by Gasteiger charge is 2.27. The molecule has 6 heteroatoms. The van der Waals surface area contributed by atoms with Gasteiger partial charge in [-0.05, 0) is 23.7 Å². The molecule has 0 amide bonds. The SMILES string of the molecule is CC(C)(C)c1nnsc1C(=O)c1ccc(Cl)s1. The molecule has 2 aromatic rings. The average Bonchev–Trinajstić information content (AvgIpc) is 2.83. The summed E-state index contributed by atoms with van der Waals surface area (Å²) in [4.78, 5) is 13.5. The van der Waals surface area contributed by atoms with Gasteiger partial charge < -0.3 is 0 Å². The summed E-state index contributed by atoms with van der Waals surface area (Å²) >= 11 is 8.26. The fourth-order valence-corrected chi connectivity index (χ4v) is 3.26. The predicted molar refractivity (Wildman–Crippen MR) is 71.4 cm³/mol. The summed E-state index contributed by atoms with van der Waals surface area (Å²) < 4.78 is 4.50. The molecule has 0 fully saturated rings. The van der Waals surface area contributed by atoms with E-state index in [1.807, 2.05) is 20.8 Å². The molecule has 0 bridgehead atoms. The normalized spacial score (nSPS) is 11.8. The van der Waals surface area contributed by atoms with E-state index < -0.39 is 0 Å². The van der Waals surface area contributed by atoms with Crippen molar-refractivity contribution in [1.29, 1.82) is 0 Å². The molecule has 90 valence electrons. The Bertz CT molecular complexity index is 554. The van der Waals surface area contributed by atoms with Gasteiger partial charge in [-0.3, -0.25) is 4.79 Å². The van der Waals surface area contributed by atoms with Crippen molar-refractivity contribution in [3.63, 3.8) is 0 Å². The third kappa shape index (κ3) is 2.56. The lowest BCUT2D eigenvalue weighted by atomic mass is 9.90. The molecule has 0 aliphatic rings. The third-order valence-corrected chi connectivity index (χ3v) is 4.16. The molecule has 0 saturated heterocycles. The molecule has 0 aliphatic heterocycles. The molecule has 0 N–H and O–H groups in total. The Labute approximate surface area is 113 Å². The summed E-state index contributed by atoms with van der Waals surface area (Å²) in [6.07, 6.45) is 0. The minimum absolute atomic E-state index is 0.0400. The van der Waals surface area contributed by atoms with Crippen molar-refractivity contribution in [1.82, 2.24) is 9.59 Å². The molecule has 2 heterocycles. The van der Waals surface area contributed by atoms with Crippen molar-refractivity contribution in [3.05, 3.63) is 31.9 Å². The molecule has 0 spiro atoms. The van der Waals surface area contributed by atoms with E-state index in [-0.39, 0.29) is 11.2 Å². The quantitative estimate of drug-likeness (QED) is 0.789. The van der Waals surface area contributed by atoms with Gasteiger partial charge in [0, 0.05) is 5.41 Å². The van der Waals surface area contributed by atoms with Gasteiger partial charge in [0.2, 0.25) is 5.78 Å². The molecule has 0 atom stereocenters. The molecule has 0 unspecified atom stereocenters. The Morgan fingerprint density at radius 3 is 2.59 bits per heavy atom. The van der Waals surface area contributed by atoms with Crippen molar-refractivity contribution >= 4 is 40.3 Å². The van der Waals surface area contributed by atoms with Crippen LogP contribution in [-0.2, 0) is 5.41 Å². The molecule has 0 aliphatic carbocycles. The summed E-state index contributed by atoms with van der Waals surface area (Å²) in [5, 5.41) is 4.06. The molecule has 2 aromatic heterocycles. The first-order chi connectivity index (χ1) is 7.89. The highest BCUT2D eigenvalue weighted by atomic mass is 35.5. The Morgan fingerprint density at radius 2 is 2.06 bits per heavy atom. The maximum atomic E-state index is 12.3. The summed E-state index contributed by atoms with van der Waals surface area (Å²) in [6.45, 7) is 6.05. The number of carbonyl (C=O) groups excluding carboxylic acids is 1. The topological polar surface area (TPSA) is 42.9 Å². The summed E-state index contributed by atoms with van der Waals surface area (Å²) in [7, 11) is 0. The van der Waals surface area contributed by atoms with Crippen LogP contribution >= 0.6 is 34.5 Å². The summed E-state index contributed by atoms with van der Waals surface area (Å²) in [6, 6.07) is 3.46. The number of ketones is 1. The number of nitrogens with zero attached hydrogens (tertiary/aromatic N) is 2. The minimum atomic E-state index is -0.182. The van der Waals surface area contributed by atoms with Gasteiger partial charge >= 0.3 is 0 Å². The van der Waals surface area contributed by atoms with Crippen LogP contribution in [0.4, 0.5) is 0 Å². The van der Waals surface area contributed by atoms with Crippen molar-refractivity contribution in [2.75, 3.05) is 0 Å². The smallest absolute Gasteiger partial charge is 0.216 e. The minimum Gasteiger partial charge on any atom is -0.287 e. The van der Waals surface area contributed by atoms with Crippen molar-refractivity contribution in [2.24, 2.45) is 0 Å². The van der Waals surface area contributed by atoms with Gasteiger partial charge in [0.05, 0.1) is 14.9 Å². The molecular formula is C11H11ClN2OS2. The van der Waals surface area contributed by atoms with E-state index in [1.165, 1.54) is 11.3 Å². The maximum Gasteiger partial charge on any atom is 0.216 e. The van der Waals surface area contributed by atoms with Gasteiger partial charge in [-0.15, -0.1) is 16.4 Å². The number of rotatable bonds is 2. The standard InChI is InChI=1S/C11H11ClN2OS2/c1-11(2,3)10-9(17-14-13-10)8(15)6-4-5-7(12)16-6/h4-5H,1-3H3. The first-order valence-corrected chi connectivity index (χ1v) is 6.99. The molecule has 3 nitrogen and oxygen atoms in total. The lowest BCUT2D eigenvalue weighted by Crippen LogP contribution is -2.16. The zero-order chi connectivity index (χ0) is 12.6. The van der Waals surface area contributed by atoms with Crippen molar-refractivity contribution < 1.29 is 4.79 Å². The number of thiophene rings is 1. The summed E-state index contributed by atoms with van der Waals surface area (Å²) in [5.41, 5.74) is 0.566. The van der Waals surface area contributed by atoms with Crippen LogP contribution in [0.2, 0.25) is 4.34 Å². The second-order valence-corrected chi connectivity index (χ2v) is 7.10.